The Morgan fingerprint density at radius 2 is 1.77 bits per heavy atom. The first-order valence-corrected chi connectivity index (χ1v) is 9.15. The van der Waals surface area contributed by atoms with Gasteiger partial charge in [-0.3, -0.25) is 0 Å². The van der Waals surface area contributed by atoms with Crippen molar-refractivity contribution in [2.24, 2.45) is 0 Å². The second-order valence-electron chi connectivity index (χ2n) is 6.80. The maximum absolute atomic E-state index is 9.23. The fourth-order valence-electron chi connectivity index (χ4n) is 3.74. The molecular formula is C22H24N2O2. The standard InChI is InChI=1S/C22H24N2O2/c1-2-15-4-3-5-16-7-9-20-22(21(15)16)18-10-14(6-8-19(18)24-20)11-23-17(12-25)13-26/h3-10,17,23-26H,2,11-13H2,1H3. The summed E-state index contributed by atoms with van der Waals surface area (Å²) in [4.78, 5) is 3.54. The summed E-state index contributed by atoms with van der Waals surface area (Å²) in [5, 5.41) is 26.7. The highest BCUT2D eigenvalue weighted by molar-refractivity contribution is 6.21. The van der Waals surface area contributed by atoms with Gasteiger partial charge in [-0.2, -0.15) is 0 Å². The van der Waals surface area contributed by atoms with E-state index in [4.69, 9.17) is 0 Å². The lowest BCUT2D eigenvalue weighted by atomic mass is 9.97. The van der Waals surface area contributed by atoms with Gasteiger partial charge in [-0.25, -0.2) is 0 Å². The average Bonchev–Trinajstić information content (AvgIpc) is 3.06. The largest absolute Gasteiger partial charge is 0.395 e. The van der Waals surface area contributed by atoms with Crippen LogP contribution in [0.3, 0.4) is 0 Å². The van der Waals surface area contributed by atoms with Gasteiger partial charge >= 0.3 is 0 Å². The molecule has 0 amide bonds. The van der Waals surface area contributed by atoms with E-state index in [0.29, 0.717) is 6.54 Å². The van der Waals surface area contributed by atoms with Gasteiger partial charge in [-0.1, -0.05) is 37.3 Å². The lowest BCUT2D eigenvalue weighted by Gasteiger charge is -2.13. The number of hydrogen-bond donors (Lipinski definition) is 4. The Balaban J connectivity index is 1.88. The molecule has 4 N–H and O–H groups in total. The fraction of sp³-hybridized carbons (Fsp3) is 0.273. The third kappa shape index (κ3) is 2.86. The molecule has 0 spiro atoms. The molecule has 1 aromatic heterocycles. The normalized spacial score (nSPS) is 12.0. The van der Waals surface area contributed by atoms with Crippen LogP contribution >= 0.6 is 0 Å². The number of aliphatic hydroxyl groups excluding tert-OH is 2. The molecule has 0 radical (unpaired) electrons. The van der Waals surface area contributed by atoms with Gasteiger partial charge in [0.25, 0.3) is 0 Å². The zero-order chi connectivity index (χ0) is 18.1. The van der Waals surface area contributed by atoms with Gasteiger partial charge in [-0.15, -0.1) is 0 Å². The molecule has 0 unspecified atom stereocenters. The van der Waals surface area contributed by atoms with Gasteiger partial charge in [-0.05, 0) is 46.5 Å². The lowest BCUT2D eigenvalue weighted by molar-refractivity contribution is 0.170. The maximum Gasteiger partial charge on any atom is 0.0607 e. The monoisotopic (exact) mass is 348 g/mol. The van der Waals surface area contributed by atoms with E-state index in [2.05, 4.69) is 65.8 Å². The quantitative estimate of drug-likeness (QED) is 0.431. The first-order chi connectivity index (χ1) is 12.7. The molecule has 26 heavy (non-hydrogen) atoms. The van der Waals surface area contributed by atoms with Crippen LogP contribution in [0.15, 0.2) is 48.5 Å². The first-order valence-electron chi connectivity index (χ1n) is 9.15. The Labute approximate surface area is 152 Å². The summed E-state index contributed by atoms with van der Waals surface area (Å²) in [6.07, 6.45) is 0.999. The summed E-state index contributed by atoms with van der Waals surface area (Å²) in [6, 6.07) is 17.0. The molecule has 4 rings (SSSR count). The van der Waals surface area contributed by atoms with Gasteiger partial charge in [0.1, 0.15) is 0 Å². The van der Waals surface area contributed by atoms with Gasteiger partial charge in [0.2, 0.25) is 0 Å². The van der Waals surface area contributed by atoms with Crippen molar-refractivity contribution in [1.82, 2.24) is 10.3 Å². The highest BCUT2D eigenvalue weighted by Crippen LogP contribution is 2.34. The van der Waals surface area contributed by atoms with Crippen LogP contribution in [-0.4, -0.2) is 34.5 Å². The lowest BCUT2D eigenvalue weighted by Crippen LogP contribution is -2.35. The van der Waals surface area contributed by atoms with Crippen molar-refractivity contribution in [3.8, 4) is 0 Å². The minimum atomic E-state index is -0.291. The first kappa shape index (κ1) is 17.0. The second-order valence-corrected chi connectivity index (χ2v) is 6.80. The van der Waals surface area contributed by atoms with Crippen molar-refractivity contribution < 1.29 is 10.2 Å². The van der Waals surface area contributed by atoms with Crippen molar-refractivity contribution in [2.45, 2.75) is 25.9 Å². The Morgan fingerprint density at radius 3 is 2.54 bits per heavy atom. The van der Waals surface area contributed by atoms with Crippen LogP contribution in [0.2, 0.25) is 0 Å². The highest BCUT2D eigenvalue weighted by Gasteiger charge is 2.12. The number of aromatic amines is 1. The molecule has 4 aromatic rings. The summed E-state index contributed by atoms with van der Waals surface area (Å²) in [5.74, 6) is 0. The number of fused-ring (bicyclic) bond motifs is 5. The van der Waals surface area contributed by atoms with Crippen LogP contribution in [0.4, 0.5) is 0 Å². The molecule has 0 aliphatic heterocycles. The molecule has 0 aliphatic carbocycles. The number of rotatable bonds is 6. The molecule has 0 fully saturated rings. The maximum atomic E-state index is 9.23. The fourth-order valence-corrected chi connectivity index (χ4v) is 3.74. The predicted molar refractivity (Wildman–Crippen MR) is 107 cm³/mol. The molecule has 3 aromatic carbocycles. The summed E-state index contributed by atoms with van der Waals surface area (Å²) >= 11 is 0. The molecule has 1 heterocycles. The van der Waals surface area contributed by atoms with E-state index >= 15 is 0 Å². The summed E-state index contributed by atoms with van der Waals surface area (Å²) in [7, 11) is 0. The van der Waals surface area contributed by atoms with Crippen molar-refractivity contribution >= 4 is 32.6 Å². The third-order valence-electron chi connectivity index (χ3n) is 5.17. The van der Waals surface area contributed by atoms with Crippen LogP contribution < -0.4 is 5.32 Å². The number of aromatic nitrogens is 1. The van der Waals surface area contributed by atoms with Crippen LogP contribution in [0.1, 0.15) is 18.1 Å². The number of aryl methyl sites for hydroxylation is 1. The molecule has 4 nitrogen and oxygen atoms in total. The number of nitrogens with one attached hydrogen (secondary N) is 2. The molecule has 0 saturated carbocycles. The summed E-state index contributed by atoms with van der Waals surface area (Å²) < 4.78 is 0. The van der Waals surface area contributed by atoms with E-state index in [1.165, 1.54) is 27.1 Å². The Morgan fingerprint density at radius 1 is 0.962 bits per heavy atom. The number of benzene rings is 3. The zero-order valence-electron chi connectivity index (χ0n) is 14.9. The van der Waals surface area contributed by atoms with Crippen molar-refractivity contribution in [1.29, 1.82) is 0 Å². The molecule has 0 aliphatic rings. The minimum Gasteiger partial charge on any atom is -0.395 e. The van der Waals surface area contributed by atoms with Crippen molar-refractivity contribution in [2.75, 3.05) is 13.2 Å². The van der Waals surface area contributed by atoms with Crippen LogP contribution in [0, 0.1) is 0 Å². The molecular weight excluding hydrogens is 324 g/mol. The Bertz CT molecular complexity index is 1060. The van der Waals surface area contributed by atoms with Crippen molar-refractivity contribution in [3.63, 3.8) is 0 Å². The molecule has 0 atom stereocenters. The highest BCUT2D eigenvalue weighted by atomic mass is 16.3. The third-order valence-corrected chi connectivity index (χ3v) is 5.17. The Kier molecular flexibility index (Phi) is 4.64. The van der Waals surface area contributed by atoms with Crippen molar-refractivity contribution in [3.05, 3.63) is 59.7 Å². The van der Waals surface area contributed by atoms with Crippen LogP contribution in [0.25, 0.3) is 32.6 Å². The van der Waals surface area contributed by atoms with Gasteiger partial charge in [0, 0.05) is 28.4 Å². The molecule has 0 saturated heterocycles. The van der Waals surface area contributed by atoms with E-state index in [1.54, 1.807) is 0 Å². The molecule has 0 bridgehead atoms. The Hall–Kier alpha value is -2.40. The van der Waals surface area contributed by atoms with Gasteiger partial charge in [0.05, 0.1) is 19.3 Å². The van der Waals surface area contributed by atoms with Crippen LogP contribution in [-0.2, 0) is 13.0 Å². The molecule has 4 heteroatoms. The average molecular weight is 348 g/mol. The smallest absolute Gasteiger partial charge is 0.0607 e. The molecule has 134 valence electrons. The zero-order valence-corrected chi connectivity index (χ0v) is 14.9. The number of hydrogen-bond acceptors (Lipinski definition) is 3. The van der Waals surface area contributed by atoms with E-state index < -0.39 is 0 Å². The minimum absolute atomic E-state index is 0.0731. The summed E-state index contributed by atoms with van der Waals surface area (Å²) in [6.45, 7) is 2.66. The topological polar surface area (TPSA) is 68.3 Å². The van der Waals surface area contributed by atoms with Gasteiger partial charge < -0.3 is 20.5 Å². The van der Waals surface area contributed by atoms with E-state index in [1.807, 2.05) is 0 Å². The van der Waals surface area contributed by atoms with E-state index in [9.17, 15) is 10.2 Å². The van der Waals surface area contributed by atoms with Crippen LogP contribution in [0.5, 0.6) is 0 Å². The van der Waals surface area contributed by atoms with E-state index in [-0.39, 0.29) is 19.3 Å². The predicted octanol–water partition coefficient (Wildman–Crippen LogP) is 3.48. The number of H-pyrrole nitrogens is 1. The summed E-state index contributed by atoms with van der Waals surface area (Å²) in [5.41, 5.74) is 4.78. The number of aliphatic hydroxyl groups is 2. The second kappa shape index (κ2) is 7.08. The SMILES string of the molecule is CCc1cccc2ccc3[nH]c4ccc(CNC(CO)CO)cc4c3c12. The van der Waals surface area contributed by atoms with E-state index in [0.717, 1.165) is 23.0 Å². The van der Waals surface area contributed by atoms with Gasteiger partial charge in [0.15, 0.2) is 0 Å².